The van der Waals surface area contributed by atoms with Gasteiger partial charge in [-0.1, -0.05) is 200 Å². The highest BCUT2D eigenvalue weighted by atomic mass is 15.1. The van der Waals surface area contributed by atoms with Crippen LogP contribution < -0.4 is 4.90 Å². The maximum absolute atomic E-state index is 2.40. The second kappa shape index (κ2) is 15.8. The second-order valence-corrected chi connectivity index (χ2v) is 17.4. The van der Waals surface area contributed by atoms with Gasteiger partial charge in [0.15, 0.2) is 0 Å². The van der Waals surface area contributed by atoms with Crippen LogP contribution in [0.4, 0.5) is 17.1 Å². The number of rotatable bonds is 8. The minimum atomic E-state index is -0.251. The first kappa shape index (κ1) is 38.4. The molecule has 65 heavy (non-hydrogen) atoms. The summed E-state index contributed by atoms with van der Waals surface area (Å²) >= 11 is 0. The number of hydrogen-bond acceptors (Lipinski definition) is 1. The van der Waals surface area contributed by atoms with Gasteiger partial charge in [0.1, 0.15) is 0 Å². The summed E-state index contributed by atoms with van der Waals surface area (Å²) in [5.74, 6) is 0. The average molecular weight is 828 g/mol. The van der Waals surface area contributed by atoms with Gasteiger partial charge < -0.3 is 4.90 Å². The van der Waals surface area contributed by atoms with Crippen molar-refractivity contribution in [2.24, 2.45) is 0 Å². The van der Waals surface area contributed by atoms with E-state index in [9.17, 15) is 0 Å². The van der Waals surface area contributed by atoms with Crippen LogP contribution >= 0.6 is 0 Å². The Kier molecular flexibility index (Phi) is 9.35. The molecule has 0 aliphatic heterocycles. The smallest absolute Gasteiger partial charge is 0.0462 e. The second-order valence-electron chi connectivity index (χ2n) is 17.4. The fourth-order valence-electron chi connectivity index (χ4n) is 10.4. The highest BCUT2D eigenvalue weighted by Gasteiger charge is 2.40. The maximum Gasteiger partial charge on any atom is 0.0462 e. The SMILES string of the molecule is CC1(c2cccc(-c3ccc(N(c4ccc(-c5cccc6ccccc56)cc4)c4ccc(-c5cc(-c6ccccc6)cc6ccccc56)cc4)cc3)c2)c2ccccc2-c2ccccc21. The predicted octanol–water partition coefficient (Wildman–Crippen LogP) is 17.5. The summed E-state index contributed by atoms with van der Waals surface area (Å²) in [5, 5.41) is 4.98. The molecule has 0 saturated carbocycles. The molecule has 0 N–H and O–H groups in total. The number of nitrogens with zero attached hydrogens (tertiary/aromatic N) is 1. The van der Waals surface area contributed by atoms with Crippen LogP contribution in [0, 0.1) is 0 Å². The molecule has 306 valence electrons. The van der Waals surface area contributed by atoms with E-state index in [4.69, 9.17) is 0 Å². The van der Waals surface area contributed by atoms with Crippen LogP contribution in [0.5, 0.6) is 0 Å². The molecule has 0 fully saturated rings. The zero-order valence-corrected chi connectivity index (χ0v) is 36.2. The summed E-state index contributed by atoms with van der Waals surface area (Å²) in [5.41, 5.74) is 19.4. The van der Waals surface area contributed by atoms with E-state index in [1.807, 2.05) is 0 Å². The van der Waals surface area contributed by atoms with Crippen molar-refractivity contribution in [3.8, 4) is 55.6 Å². The molecule has 11 aromatic rings. The number of benzene rings is 11. The van der Waals surface area contributed by atoms with Gasteiger partial charge in [0.2, 0.25) is 0 Å². The largest absolute Gasteiger partial charge is 0.311 e. The summed E-state index contributed by atoms with van der Waals surface area (Å²) in [6.07, 6.45) is 0. The van der Waals surface area contributed by atoms with Crippen molar-refractivity contribution in [1.29, 1.82) is 0 Å². The number of hydrogen-bond donors (Lipinski definition) is 0. The highest BCUT2D eigenvalue weighted by Crippen LogP contribution is 2.52. The fourth-order valence-corrected chi connectivity index (χ4v) is 10.4. The highest BCUT2D eigenvalue weighted by molar-refractivity contribution is 6.01. The molecule has 0 bridgehead atoms. The molecular formula is C64H45N. The van der Waals surface area contributed by atoms with Gasteiger partial charge in [0.25, 0.3) is 0 Å². The third-order valence-electron chi connectivity index (χ3n) is 13.8. The Morgan fingerprint density at radius 2 is 0.723 bits per heavy atom. The Bertz CT molecular complexity index is 3480. The first-order valence-corrected chi connectivity index (χ1v) is 22.6. The summed E-state index contributed by atoms with van der Waals surface area (Å²) in [6.45, 7) is 2.39. The lowest BCUT2D eigenvalue weighted by atomic mass is 9.74. The van der Waals surface area contributed by atoms with Gasteiger partial charge in [-0.2, -0.15) is 0 Å². The quantitative estimate of drug-likeness (QED) is 0.147. The van der Waals surface area contributed by atoms with Crippen molar-refractivity contribution in [1.82, 2.24) is 0 Å². The standard InChI is InChI=1S/C64H45N/c1-64(62-27-11-9-24-59(62)60-25-10-12-28-63(60)64)52-21-13-20-49(42-52)45-29-35-53(36-30-45)65(54-37-31-47(32-38-54)57-26-14-19-46-17-5-7-22-56(46)57)55-39-33-48(34-40-55)61-43-51(44-15-3-2-4-16-44)41-50-18-6-8-23-58(50)61/h2-43H,1H3. The van der Waals surface area contributed by atoms with Crippen molar-refractivity contribution in [2.75, 3.05) is 4.90 Å². The molecule has 1 aliphatic carbocycles. The van der Waals surface area contributed by atoms with E-state index in [1.165, 1.54) is 93.9 Å². The van der Waals surface area contributed by atoms with E-state index in [0.717, 1.165) is 17.1 Å². The molecule has 0 amide bonds. The molecule has 11 aromatic carbocycles. The monoisotopic (exact) mass is 827 g/mol. The minimum absolute atomic E-state index is 0.251. The van der Waals surface area contributed by atoms with Crippen LogP contribution in [-0.2, 0) is 5.41 Å². The molecular weight excluding hydrogens is 783 g/mol. The summed E-state index contributed by atoms with van der Waals surface area (Å²) in [4.78, 5) is 2.38. The summed E-state index contributed by atoms with van der Waals surface area (Å²) in [7, 11) is 0. The van der Waals surface area contributed by atoms with Crippen LogP contribution in [0.1, 0.15) is 23.6 Å². The molecule has 0 radical (unpaired) electrons. The first-order valence-electron chi connectivity index (χ1n) is 22.6. The molecule has 1 aliphatic rings. The number of anilines is 3. The molecule has 1 heteroatoms. The van der Waals surface area contributed by atoms with Crippen LogP contribution in [0.15, 0.2) is 255 Å². The Morgan fingerprint density at radius 3 is 1.37 bits per heavy atom. The average Bonchev–Trinajstić information content (AvgIpc) is 3.65. The summed E-state index contributed by atoms with van der Waals surface area (Å²) in [6, 6.07) is 93.5. The molecule has 0 saturated heterocycles. The van der Waals surface area contributed by atoms with Gasteiger partial charge in [-0.25, -0.2) is 0 Å². The minimum Gasteiger partial charge on any atom is -0.311 e. The molecule has 0 spiro atoms. The van der Waals surface area contributed by atoms with Gasteiger partial charge in [-0.3, -0.25) is 0 Å². The van der Waals surface area contributed by atoms with Crippen LogP contribution in [0.25, 0.3) is 77.2 Å². The van der Waals surface area contributed by atoms with Crippen molar-refractivity contribution in [2.45, 2.75) is 12.3 Å². The van der Waals surface area contributed by atoms with E-state index in [0.29, 0.717) is 0 Å². The van der Waals surface area contributed by atoms with E-state index < -0.39 is 0 Å². The lowest BCUT2D eigenvalue weighted by Crippen LogP contribution is -2.22. The third kappa shape index (κ3) is 6.64. The van der Waals surface area contributed by atoms with Gasteiger partial charge in [0, 0.05) is 22.5 Å². The van der Waals surface area contributed by atoms with Crippen molar-refractivity contribution in [3.63, 3.8) is 0 Å². The Morgan fingerprint density at radius 1 is 0.277 bits per heavy atom. The van der Waals surface area contributed by atoms with Crippen molar-refractivity contribution < 1.29 is 0 Å². The lowest BCUT2D eigenvalue weighted by molar-refractivity contribution is 0.714. The van der Waals surface area contributed by atoms with Gasteiger partial charge in [-0.05, 0) is 155 Å². The fraction of sp³-hybridized carbons (Fsp3) is 0.0312. The molecule has 0 unspecified atom stereocenters. The molecule has 1 nitrogen and oxygen atoms in total. The third-order valence-corrected chi connectivity index (χ3v) is 13.8. The molecule has 0 atom stereocenters. The van der Waals surface area contributed by atoms with Crippen LogP contribution in [-0.4, -0.2) is 0 Å². The Hall–Kier alpha value is -8.26. The van der Waals surface area contributed by atoms with E-state index in [2.05, 4.69) is 267 Å². The Labute approximate surface area is 381 Å². The van der Waals surface area contributed by atoms with Crippen LogP contribution in [0.2, 0.25) is 0 Å². The molecule has 0 aromatic heterocycles. The van der Waals surface area contributed by atoms with E-state index in [-0.39, 0.29) is 5.41 Å². The first-order chi connectivity index (χ1) is 32.1. The van der Waals surface area contributed by atoms with E-state index in [1.54, 1.807) is 0 Å². The summed E-state index contributed by atoms with van der Waals surface area (Å²) < 4.78 is 0. The Balaban J connectivity index is 0.934. The zero-order chi connectivity index (χ0) is 43.3. The van der Waals surface area contributed by atoms with Crippen molar-refractivity contribution in [3.05, 3.63) is 271 Å². The zero-order valence-electron chi connectivity index (χ0n) is 36.2. The van der Waals surface area contributed by atoms with Gasteiger partial charge in [-0.15, -0.1) is 0 Å². The van der Waals surface area contributed by atoms with E-state index >= 15 is 0 Å². The predicted molar refractivity (Wildman–Crippen MR) is 275 cm³/mol. The van der Waals surface area contributed by atoms with Crippen LogP contribution in [0.3, 0.4) is 0 Å². The molecule has 12 rings (SSSR count). The lowest BCUT2D eigenvalue weighted by Gasteiger charge is -2.29. The molecule has 0 heterocycles. The number of fused-ring (bicyclic) bond motifs is 5. The van der Waals surface area contributed by atoms with Gasteiger partial charge in [0.05, 0.1) is 0 Å². The topological polar surface area (TPSA) is 3.24 Å². The van der Waals surface area contributed by atoms with Gasteiger partial charge >= 0.3 is 0 Å². The maximum atomic E-state index is 2.40. The van der Waals surface area contributed by atoms with Crippen molar-refractivity contribution >= 4 is 38.6 Å². The normalized spacial score (nSPS) is 12.5.